The van der Waals surface area contributed by atoms with E-state index >= 15 is 0 Å². The Morgan fingerprint density at radius 1 is 0.352 bits per heavy atom. The van der Waals surface area contributed by atoms with Crippen LogP contribution in [0.2, 0.25) is 0 Å². The van der Waals surface area contributed by atoms with E-state index in [-0.39, 0.29) is 0 Å². The fourth-order valence-corrected chi connectivity index (χ4v) is 8.18. The summed E-state index contributed by atoms with van der Waals surface area (Å²) >= 11 is 0. The number of rotatable bonds is 6. The van der Waals surface area contributed by atoms with Crippen LogP contribution in [0.15, 0.2) is 199 Å². The van der Waals surface area contributed by atoms with E-state index in [1.807, 2.05) is 13.0 Å². The summed E-state index contributed by atoms with van der Waals surface area (Å²) in [5, 5.41) is 9.70. The van der Waals surface area contributed by atoms with Crippen molar-refractivity contribution in [2.24, 2.45) is 0 Å². The molecule has 0 aliphatic carbocycles. The number of hydrogen-bond acceptors (Lipinski definition) is 1. The Balaban J connectivity index is 1.07. The molecule has 0 fully saturated rings. The van der Waals surface area contributed by atoms with E-state index in [0.717, 1.165) is 21.9 Å². The fourth-order valence-electron chi connectivity index (χ4n) is 8.18. The van der Waals surface area contributed by atoms with Crippen molar-refractivity contribution in [1.29, 1.82) is 0 Å². The van der Waals surface area contributed by atoms with Crippen LogP contribution >= 0.6 is 0 Å². The molecule has 0 saturated carbocycles. The number of allylic oxidation sites excluding steroid dienone is 3. The van der Waals surface area contributed by atoms with Crippen LogP contribution in [-0.4, -0.2) is 0 Å². The molecule has 10 aromatic rings. The van der Waals surface area contributed by atoms with E-state index in [9.17, 15) is 0 Å². The van der Waals surface area contributed by atoms with Crippen molar-refractivity contribution < 1.29 is 4.42 Å². The van der Waals surface area contributed by atoms with Gasteiger partial charge in [-0.1, -0.05) is 164 Å². The van der Waals surface area contributed by atoms with Crippen LogP contribution in [0.4, 0.5) is 0 Å². The minimum atomic E-state index is 0.912. The topological polar surface area (TPSA) is 13.1 Å². The molecule has 0 bridgehead atoms. The molecular formula is C53H36O. The van der Waals surface area contributed by atoms with Gasteiger partial charge < -0.3 is 4.42 Å². The second-order valence-electron chi connectivity index (χ2n) is 14.0. The zero-order valence-electron chi connectivity index (χ0n) is 30.0. The molecule has 0 aliphatic rings. The van der Waals surface area contributed by atoms with Gasteiger partial charge in [0.05, 0.1) is 0 Å². The Bertz CT molecular complexity index is 3040. The van der Waals surface area contributed by atoms with Gasteiger partial charge in [-0.25, -0.2) is 0 Å². The minimum absolute atomic E-state index is 0.912. The number of furan rings is 1. The van der Waals surface area contributed by atoms with Gasteiger partial charge >= 0.3 is 0 Å². The lowest BCUT2D eigenvalue weighted by Crippen LogP contribution is -1.91. The first-order valence-electron chi connectivity index (χ1n) is 18.6. The number of hydrogen-bond donors (Lipinski definition) is 0. The maximum absolute atomic E-state index is 6.30. The Morgan fingerprint density at radius 2 is 0.889 bits per heavy atom. The van der Waals surface area contributed by atoms with Gasteiger partial charge in [0.15, 0.2) is 0 Å². The lowest BCUT2D eigenvalue weighted by atomic mass is 9.85. The molecule has 0 aliphatic heterocycles. The second kappa shape index (κ2) is 13.2. The van der Waals surface area contributed by atoms with Gasteiger partial charge in [-0.15, -0.1) is 0 Å². The van der Waals surface area contributed by atoms with E-state index in [4.69, 9.17) is 4.42 Å². The Hall–Kier alpha value is -6.96. The summed E-state index contributed by atoms with van der Waals surface area (Å²) in [5.74, 6) is 0. The lowest BCUT2D eigenvalue weighted by Gasteiger charge is -2.18. The van der Waals surface area contributed by atoms with Crippen LogP contribution in [0.1, 0.15) is 12.5 Å². The summed E-state index contributed by atoms with van der Waals surface area (Å²) in [5.41, 5.74) is 12.7. The molecule has 0 saturated heterocycles. The third-order valence-electron chi connectivity index (χ3n) is 10.7. The SMILES string of the molecule is C/C=C\C=C/c1cccc(-c2cccc(-c3c4ccccc4c(-c4ccc(-c5ccc6oc7cc8ccccc8cc7c6c5)cc4)c4ccccc34)c2)c1. The smallest absolute Gasteiger partial charge is 0.136 e. The summed E-state index contributed by atoms with van der Waals surface area (Å²) in [4.78, 5) is 0. The molecular weight excluding hydrogens is 653 g/mol. The Morgan fingerprint density at radius 3 is 1.59 bits per heavy atom. The first-order valence-corrected chi connectivity index (χ1v) is 18.6. The molecule has 9 aromatic carbocycles. The molecule has 1 nitrogen and oxygen atoms in total. The fraction of sp³-hybridized carbons (Fsp3) is 0.0189. The van der Waals surface area contributed by atoms with Crippen molar-refractivity contribution in [3.05, 3.63) is 200 Å². The van der Waals surface area contributed by atoms with Crippen LogP contribution < -0.4 is 0 Å². The molecule has 0 atom stereocenters. The molecule has 0 amide bonds. The van der Waals surface area contributed by atoms with Crippen LogP contribution in [0.5, 0.6) is 0 Å². The van der Waals surface area contributed by atoms with Crippen LogP contribution in [0.3, 0.4) is 0 Å². The molecule has 0 unspecified atom stereocenters. The molecule has 10 rings (SSSR count). The van der Waals surface area contributed by atoms with Gasteiger partial charge in [-0.05, 0) is 126 Å². The van der Waals surface area contributed by atoms with Crippen molar-refractivity contribution in [3.63, 3.8) is 0 Å². The van der Waals surface area contributed by atoms with Crippen molar-refractivity contribution in [1.82, 2.24) is 0 Å². The van der Waals surface area contributed by atoms with Crippen molar-refractivity contribution in [2.45, 2.75) is 6.92 Å². The molecule has 254 valence electrons. The van der Waals surface area contributed by atoms with E-state index in [2.05, 4.69) is 194 Å². The highest BCUT2D eigenvalue weighted by Gasteiger charge is 2.17. The second-order valence-corrected chi connectivity index (χ2v) is 14.0. The monoisotopic (exact) mass is 688 g/mol. The molecule has 0 spiro atoms. The summed E-state index contributed by atoms with van der Waals surface area (Å²) in [7, 11) is 0. The first-order chi connectivity index (χ1) is 26.7. The Labute approximate surface area is 314 Å². The summed E-state index contributed by atoms with van der Waals surface area (Å²) in [6.45, 7) is 2.04. The van der Waals surface area contributed by atoms with Crippen molar-refractivity contribution in [2.75, 3.05) is 0 Å². The third-order valence-corrected chi connectivity index (χ3v) is 10.7. The summed E-state index contributed by atoms with van der Waals surface area (Å²) in [6, 6.07) is 64.0. The quantitative estimate of drug-likeness (QED) is 0.125. The van der Waals surface area contributed by atoms with Crippen molar-refractivity contribution in [3.8, 4) is 44.5 Å². The first kappa shape index (κ1) is 31.7. The van der Waals surface area contributed by atoms with Gasteiger partial charge in [0.25, 0.3) is 0 Å². The predicted molar refractivity (Wildman–Crippen MR) is 232 cm³/mol. The van der Waals surface area contributed by atoms with E-state index in [1.54, 1.807) is 0 Å². The Kier molecular flexibility index (Phi) is 7.78. The molecule has 1 heteroatoms. The zero-order valence-corrected chi connectivity index (χ0v) is 30.0. The van der Waals surface area contributed by atoms with E-state index in [1.165, 1.54) is 82.4 Å². The van der Waals surface area contributed by atoms with Crippen LogP contribution in [-0.2, 0) is 0 Å². The summed E-state index contributed by atoms with van der Waals surface area (Å²) in [6.07, 6.45) is 8.35. The normalized spacial score (nSPS) is 12.0. The van der Waals surface area contributed by atoms with Crippen LogP contribution in [0, 0.1) is 0 Å². The maximum Gasteiger partial charge on any atom is 0.136 e. The van der Waals surface area contributed by atoms with E-state index in [0.29, 0.717) is 0 Å². The molecule has 0 N–H and O–H groups in total. The average Bonchev–Trinajstić information content (AvgIpc) is 3.58. The summed E-state index contributed by atoms with van der Waals surface area (Å²) < 4.78 is 6.30. The molecule has 54 heavy (non-hydrogen) atoms. The third kappa shape index (κ3) is 5.50. The maximum atomic E-state index is 6.30. The van der Waals surface area contributed by atoms with E-state index < -0.39 is 0 Å². The highest BCUT2D eigenvalue weighted by molar-refractivity contribution is 6.21. The zero-order chi connectivity index (χ0) is 36.0. The van der Waals surface area contributed by atoms with Crippen molar-refractivity contribution >= 4 is 60.3 Å². The molecule has 1 heterocycles. The minimum Gasteiger partial charge on any atom is -0.456 e. The largest absolute Gasteiger partial charge is 0.456 e. The number of fused-ring (bicyclic) bond motifs is 6. The lowest BCUT2D eigenvalue weighted by molar-refractivity contribution is 0.669. The highest BCUT2D eigenvalue weighted by atomic mass is 16.3. The van der Waals surface area contributed by atoms with Gasteiger partial charge in [-0.2, -0.15) is 0 Å². The van der Waals surface area contributed by atoms with Gasteiger partial charge in [0.2, 0.25) is 0 Å². The molecule has 1 aromatic heterocycles. The highest BCUT2D eigenvalue weighted by Crippen LogP contribution is 2.45. The van der Waals surface area contributed by atoms with Crippen LogP contribution in [0.25, 0.3) is 105 Å². The average molecular weight is 689 g/mol. The predicted octanol–water partition coefficient (Wildman–Crippen LogP) is 15.3. The number of benzene rings is 9. The van der Waals surface area contributed by atoms with Gasteiger partial charge in [0, 0.05) is 10.8 Å². The standard InChI is InChI=1S/C53H36O/c1-2-3-4-13-35-14-11-17-38(30-35)39-18-12-19-43(31-39)53-46-22-9-7-20-44(46)52(45-21-8-10-23-47(45)53)37-26-24-36(25-27-37)42-28-29-50-48(33-42)49-32-40-15-5-6-16-41(40)34-51(49)54-50/h2-34H,1H3/b3-2-,13-4-. The molecule has 0 radical (unpaired) electrons. The van der Waals surface area contributed by atoms with Gasteiger partial charge in [0.1, 0.15) is 11.2 Å². The van der Waals surface area contributed by atoms with Gasteiger partial charge in [-0.3, -0.25) is 0 Å².